The van der Waals surface area contributed by atoms with Crippen LogP contribution in [0.1, 0.15) is 38.2 Å². The molecule has 1 saturated carbocycles. The topological polar surface area (TPSA) is 37.6 Å². The Balaban J connectivity index is 1.90. The predicted octanol–water partition coefficient (Wildman–Crippen LogP) is 2.64. The van der Waals surface area contributed by atoms with E-state index < -0.39 is 0 Å². The van der Waals surface area contributed by atoms with Gasteiger partial charge in [0.2, 0.25) is 0 Å². The van der Waals surface area contributed by atoms with E-state index in [4.69, 9.17) is 9.15 Å². The summed E-state index contributed by atoms with van der Waals surface area (Å²) in [6.45, 7) is 8.84. The molecule has 0 saturated heterocycles. The molecule has 0 aromatic carbocycles. The smallest absolute Gasteiger partial charge is 0.118 e. The summed E-state index contributed by atoms with van der Waals surface area (Å²) in [6.07, 6.45) is 2.74. The van der Waals surface area contributed by atoms with Crippen molar-refractivity contribution in [2.75, 3.05) is 26.8 Å². The molecule has 1 fully saturated rings. The van der Waals surface area contributed by atoms with Gasteiger partial charge in [0, 0.05) is 19.7 Å². The van der Waals surface area contributed by atoms with Crippen molar-refractivity contribution in [3.8, 4) is 0 Å². The third-order valence-corrected chi connectivity index (χ3v) is 4.09. The molecular weight excluding hydrogens is 252 g/mol. The van der Waals surface area contributed by atoms with Crippen LogP contribution in [0, 0.1) is 5.92 Å². The second-order valence-corrected chi connectivity index (χ2v) is 5.69. The molecule has 0 radical (unpaired) electrons. The van der Waals surface area contributed by atoms with E-state index in [0.29, 0.717) is 6.04 Å². The van der Waals surface area contributed by atoms with Crippen LogP contribution in [0.15, 0.2) is 16.5 Å². The molecule has 20 heavy (non-hydrogen) atoms. The molecule has 1 aliphatic carbocycles. The number of ether oxygens (including phenoxy) is 1. The maximum atomic E-state index is 5.90. The molecule has 0 bridgehead atoms. The molecule has 1 aromatic heterocycles. The van der Waals surface area contributed by atoms with E-state index in [1.165, 1.54) is 12.8 Å². The molecular formula is C16H28N2O2. The van der Waals surface area contributed by atoms with Crippen molar-refractivity contribution in [1.29, 1.82) is 0 Å². The van der Waals surface area contributed by atoms with Crippen LogP contribution in [0.3, 0.4) is 0 Å². The Kier molecular flexibility index (Phi) is 6.07. The molecule has 4 heteroatoms. The molecule has 1 aromatic rings. The Morgan fingerprint density at radius 3 is 2.80 bits per heavy atom. The van der Waals surface area contributed by atoms with Gasteiger partial charge in [-0.2, -0.15) is 0 Å². The molecule has 0 amide bonds. The molecule has 1 heterocycles. The average molecular weight is 280 g/mol. The van der Waals surface area contributed by atoms with Gasteiger partial charge in [0.15, 0.2) is 0 Å². The first-order valence-electron chi connectivity index (χ1n) is 7.76. The zero-order chi connectivity index (χ0) is 14.4. The monoisotopic (exact) mass is 280 g/mol. The standard InChI is InChI=1S/C16H28N2O2/c1-4-17-11-15-7-8-16(20-15)12-18(9-10-19-3)13(2)14-5-6-14/h7-8,13-14,17H,4-6,9-12H2,1-3H3. The second-order valence-electron chi connectivity index (χ2n) is 5.69. The Labute approximate surface area is 122 Å². The van der Waals surface area contributed by atoms with Gasteiger partial charge in [-0.15, -0.1) is 0 Å². The van der Waals surface area contributed by atoms with Crippen LogP contribution in [0.4, 0.5) is 0 Å². The summed E-state index contributed by atoms with van der Waals surface area (Å²) >= 11 is 0. The first-order valence-corrected chi connectivity index (χ1v) is 7.76. The average Bonchev–Trinajstić information content (AvgIpc) is 3.21. The number of rotatable bonds is 10. The Bertz CT molecular complexity index is 388. The number of nitrogens with zero attached hydrogens (tertiary/aromatic N) is 1. The molecule has 0 aliphatic heterocycles. The largest absolute Gasteiger partial charge is 0.463 e. The minimum atomic E-state index is 0.618. The van der Waals surface area contributed by atoms with Crippen LogP contribution in [-0.2, 0) is 17.8 Å². The predicted molar refractivity (Wildman–Crippen MR) is 80.6 cm³/mol. The van der Waals surface area contributed by atoms with Gasteiger partial charge in [0.1, 0.15) is 11.5 Å². The van der Waals surface area contributed by atoms with Crippen LogP contribution >= 0.6 is 0 Å². The first-order chi connectivity index (χ1) is 9.74. The van der Waals surface area contributed by atoms with E-state index in [9.17, 15) is 0 Å². The molecule has 1 N–H and O–H groups in total. The highest BCUT2D eigenvalue weighted by molar-refractivity contribution is 5.07. The summed E-state index contributed by atoms with van der Waals surface area (Å²) in [6, 6.07) is 4.80. The van der Waals surface area contributed by atoms with Gasteiger partial charge >= 0.3 is 0 Å². The summed E-state index contributed by atoms with van der Waals surface area (Å²) in [5.74, 6) is 2.94. The zero-order valence-corrected chi connectivity index (χ0v) is 13.0. The van der Waals surface area contributed by atoms with Gasteiger partial charge in [-0.1, -0.05) is 6.92 Å². The summed E-state index contributed by atoms with van der Waals surface area (Å²) in [5.41, 5.74) is 0. The van der Waals surface area contributed by atoms with Crippen molar-refractivity contribution in [2.45, 2.75) is 45.8 Å². The minimum Gasteiger partial charge on any atom is -0.463 e. The molecule has 0 spiro atoms. The summed E-state index contributed by atoms with van der Waals surface area (Å²) in [5, 5.41) is 3.29. The number of hydrogen-bond acceptors (Lipinski definition) is 4. The van der Waals surface area contributed by atoms with Crippen molar-refractivity contribution < 1.29 is 9.15 Å². The van der Waals surface area contributed by atoms with Crippen molar-refractivity contribution in [2.24, 2.45) is 5.92 Å². The highest BCUT2D eigenvalue weighted by Gasteiger charge is 2.32. The van der Waals surface area contributed by atoms with Crippen LogP contribution in [0.2, 0.25) is 0 Å². The maximum absolute atomic E-state index is 5.90. The lowest BCUT2D eigenvalue weighted by atomic mass is 10.2. The van der Waals surface area contributed by atoms with Crippen molar-refractivity contribution in [1.82, 2.24) is 10.2 Å². The number of furan rings is 1. The van der Waals surface area contributed by atoms with Gasteiger partial charge in [-0.25, -0.2) is 0 Å². The second kappa shape index (κ2) is 7.81. The minimum absolute atomic E-state index is 0.618. The lowest BCUT2D eigenvalue weighted by Gasteiger charge is -2.28. The van der Waals surface area contributed by atoms with Gasteiger partial charge in [0.05, 0.1) is 19.7 Å². The maximum Gasteiger partial charge on any atom is 0.118 e. The van der Waals surface area contributed by atoms with Crippen LogP contribution in [0.25, 0.3) is 0 Å². The van der Waals surface area contributed by atoms with Crippen LogP contribution < -0.4 is 5.32 Å². The summed E-state index contributed by atoms with van der Waals surface area (Å²) in [7, 11) is 1.77. The van der Waals surface area contributed by atoms with Crippen LogP contribution in [-0.4, -0.2) is 37.7 Å². The third kappa shape index (κ3) is 4.62. The van der Waals surface area contributed by atoms with Crippen molar-refractivity contribution in [3.63, 3.8) is 0 Å². The van der Waals surface area contributed by atoms with Crippen molar-refractivity contribution in [3.05, 3.63) is 23.7 Å². The van der Waals surface area contributed by atoms with E-state index in [-0.39, 0.29) is 0 Å². The molecule has 2 rings (SSSR count). The van der Waals surface area contributed by atoms with E-state index in [2.05, 4.69) is 36.2 Å². The normalized spacial score (nSPS) is 16.8. The number of nitrogens with one attached hydrogen (secondary N) is 1. The van der Waals surface area contributed by atoms with Crippen LogP contribution in [0.5, 0.6) is 0 Å². The summed E-state index contributed by atoms with van der Waals surface area (Å²) in [4.78, 5) is 2.48. The van der Waals surface area contributed by atoms with Gasteiger partial charge < -0.3 is 14.5 Å². The molecule has 1 unspecified atom stereocenters. The fraction of sp³-hybridized carbons (Fsp3) is 0.750. The van der Waals surface area contributed by atoms with E-state index in [0.717, 1.165) is 50.2 Å². The molecule has 114 valence electrons. The lowest BCUT2D eigenvalue weighted by molar-refractivity contribution is 0.105. The van der Waals surface area contributed by atoms with Gasteiger partial charge in [-0.05, 0) is 44.4 Å². The quantitative estimate of drug-likeness (QED) is 0.715. The Morgan fingerprint density at radius 1 is 1.40 bits per heavy atom. The molecule has 1 aliphatic rings. The SMILES string of the molecule is CCNCc1ccc(CN(CCOC)C(C)C2CC2)o1. The molecule has 4 nitrogen and oxygen atoms in total. The van der Waals surface area contributed by atoms with E-state index in [1.807, 2.05) is 0 Å². The first kappa shape index (κ1) is 15.5. The van der Waals surface area contributed by atoms with E-state index >= 15 is 0 Å². The van der Waals surface area contributed by atoms with Gasteiger partial charge in [-0.3, -0.25) is 4.90 Å². The Morgan fingerprint density at radius 2 is 2.15 bits per heavy atom. The fourth-order valence-electron chi connectivity index (χ4n) is 2.56. The zero-order valence-electron chi connectivity index (χ0n) is 13.0. The highest BCUT2D eigenvalue weighted by Crippen LogP contribution is 2.35. The lowest BCUT2D eigenvalue weighted by Crippen LogP contribution is -2.36. The highest BCUT2D eigenvalue weighted by atomic mass is 16.5. The summed E-state index contributed by atoms with van der Waals surface area (Å²) < 4.78 is 11.1. The Hall–Kier alpha value is -0.840. The van der Waals surface area contributed by atoms with E-state index in [1.54, 1.807) is 7.11 Å². The van der Waals surface area contributed by atoms with Crippen molar-refractivity contribution >= 4 is 0 Å². The number of methoxy groups -OCH3 is 1. The third-order valence-electron chi connectivity index (χ3n) is 4.09. The fourth-order valence-corrected chi connectivity index (χ4v) is 2.56. The van der Waals surface area contributed by atoms with Gasteiger partial charge in [0.25, 0.3) is 0 Å². The number of hydrogen-bond donors (Lipinski definition) is 1. The molecule has 1 atom stereocenters.